The number of hydrogen-bond acceptors (Lipinski definition) is 3. The Kier molecular flexibility index (Phi) is 6.64. The Morgan fingerprint density at radius 2 is 1.69 bits per heavy atom. The topological polar surface area (TPSA) is 43.9 Å². The first kappa shape index (κ1) is 21.0. The van der Waals surface area contributed by atoms with E-state index in [1.807, 2.05) is 36.2 Å². The lowest BCUT2D eigenvalue weighted by atomic mass is 10.0. The van der Waals surface area contributed by atoms with Crippen LogP contribution in [0.3, 0.4) is 0 Å². The highest BCUT2D eigenvalue weighted by Crippen LogP contribution is 2.25. The highest BCUT2D eigenvalue weighted by molar-refractivity contribution is 5.93. The number of benzene rings is 2. The molecule has 0 N–H and O–H groups in total. The molecule has 2 aromatic carbocycles. The zero-order valence-corrected chi connectivity index (χ0v) is 17.3. The number of hydrogen-bond donors (Lipinski definition) is 0. The number of aryl methyl sites for hydroxylation is 1. The molecule has 0 radical (unpaired) electrons. The van der Waals surface area contributed by atoms with Gasteiger partial charge >= 0.3 is 0 Å². The Morgan fingerprint density at radius 3 is 2.31 bits per heavy atom. The number of carbonyl (C=O) groups is 2. The minimum Gasteiger partial charge on any atom is -0.345 e. The standard InChI is InChI=1S/C23H28FN3O2/c1-25(2)23(29)19-7-4-17(5-8-19)6-13-22(28)27-15-14-26(3)21(16-27)18-9-11-20(24)12-10-18/h4-5,7-12,21H,6,13-16H2,1-3H3. The Hall–Kier alpha value is -2.73. The van der Waals surface area contributed by atoms with E-state index in [4.69, 9.17) is 0 Å². The lowest BCUT2D eigenvalue weighted by molar-refractivity contribution is -0.134. The third kappa shape index (κ3) is 5.21. The molecule has 2 aromatic rings. The molecule has 1 saturated heterocycles. The van der Waals surface area contributed by atoms with Crippen LogP contribution >= 0.6 is 0 Å². The van der Waals surface area contributed by atoms with Gasteiger partial charge in [0.05, 0.1) is 6.04 Å². The van der Waals surface area contributed by atoms with Crippen molar-refractivity contribution in [3.63, 3.8) is 0 Å². The summed E-state index contributed by atoms with van der Waals surface area (Å²) in [5.74, 6) is -0.158. The molecule has 1 unspecified atom stereocenters. The Morgan fingerprint density at radius 1 is 1.03 bits per heavy atom. The van der Waals surface area contributed by atoms with E-state index in [9.17, 15) is 14.0 Å². The van der Waals surface area contributed by atoms with Gasteiger partial charge in [-0.25, -0.2) is 4.39 Å². The van der Waals surface area contributed by atoms with Crippen molar-refractivity contribution in [2.75, 3.05) is 40.8 Å². The number of carbonyl (C=O) groups excluding carboxylic acids is 2. The molecule has 0 aromatic heterocycles. The fourth-order valence-electron chi connectivity index (χ4n) is 3.63. The number of rotatable bonds is 5. The summed E-state index contributed by atoms with van der Waals surface area (Å²) in [6.45, 7) is 2.09. The first-order chi connectivity index (χ1) is 13.8. The normalized spacial score (nSPS) is 17.2. The molecule has 3 rings (SSSR count). The Bertz CT molecular complexity index is 849. The minimum atomic E-state index is -0.251. The second-order valence-electron chi connectivity index (χ2n) is 7.78. The molecule has 0 aliphatic carbocycles. The smallest absolute Gasteiger partial charge is 0.253 e. The molecule has 1 aliphatic rings. The summed E-state index contributed by atoms with van der Waals surface area (Å²) in [6.07, 6.45) is 1.07. The van der Waals surface area contributed by atoms with Crippen LogP contribution in [0.25, 0.3) is 0 Å². The van der Waals surface area contributed by atoms with Crippen molar-refractivity contribution in [1.82, 2.24) is 14.7 Å². The van der Waals surface area contributed by atoms with Crippen LogP contribution < -0.4 is 0 Å². The summed E-state index contributed by atoms with van der Waals surface area (Å²) in [5.41, 5.74) is 2.71. The van der Waals surface area contributed by atoms with Crippen LogP contribution in [0.5, 0.6) is 0 Å². The fraction of sp³-hybridized carbons (Fsp3) is 0.391. The zero-order chi connectivity index (χ0) is 21.0. The summed E-state index contributed by atoms with van der Waals surface area (Å²) in [7, 11) is 5.49. The summed E-state index contributed by atoms with van der Waals surface area (Å²) in [6, 6.07) is 14.0. The molecular weight excluding hydrogens is 369 g/mol. The number of likely N-dealkylation sites (N-methyl/N-ethyl adjacent to an activating group) is 1. The maximum Gasteiger partial charge on any atom is 0.253 e. The SMILES string of the molecule is CN(C)C(=O)c1ccc(CCC(=O)N2CCN(C)C(c3ccc(F)cc3)C2)cc1. The second-order valence-corrected chi connectivity index (χ2v) is 7.78. The van der Waals surface area contributed by atoms with Gasteiger partial charge in [-0.3, -0.25) is 14.5 Å². The van der Waals surface area contributed by atoms with Gasteiger partial charge in [0.25, 0.3) is 5.91 Å². The molecule has 0 saturated carbocycles. The van der Waals surface area contributed by atoms with Gasteiger partial charge in [0.15, 0.2) is 0 Å². The van der Waals surface area contributed by atoms with Gasteiger partial charge in [-0.2, -0.15) is 0 Å². The highest BCUT2D eigenvalue weighted by atomic mass is 19.1. The number of piperazine rings is 1. The molecule has 6 heteroatoms. The third-order valence-corrected chi connectivity index (χ3v) is 5.49. The molecule has 1 heterocycles. The van der Waals surface area contributed by atoms with Crippen molar-refractivity contribution in [3.8, 4) is 0 Å². The van der Waals surface area contributed by atoms with E-state index in [2.05, 4.69) is 4.90 Å². The number of amides is 2. The van der Waals surface area contributed by atoms with Crippen molar-refractivity contribution in [2.45, 2.75) is 18.9 Å². The van der Waals surface area contributed by atoms with Crippen LogP contribution in [0.15, 0.2) is 48.5 Å². The Balaban J connectivity index is 1.57. The molecule has 29 heavy (non-hydrogen) atoms. The number of nitrogens with zero attached hydrogens (tertiary/aromatic N) is 3. The summed E-state index contributed by atoms with van der Waals surface area (Å²) >= 11 is 0. The van der Waals surface area contributed by atoms with Crippen LogP contribution in [-0.4, -0.2) is 67.3 Å². The second kappa shape index (κ2) is 9.18. The summed E-state index contributed by atoms with van der Waals surface area (Å²) in [5, 5.41) is 0. The quantitative estimate of drug-likeness (QED) is 0.779. The maximum absolute atomic E-state index is 13.2. The average Bonchev–Trinajstić information content (AvgIpc) is 2.73. The first-order valence-electron chi connectivity index (χ1n) is 9.89. The minimum absolute atomic E-state index is 0.0307. The van der Waals surface area contributed by atoms with Gasteiger partial charge in [0.2, 0.25) is 5.91 Å². The van der Waals surface area contributed by atoms with E-state index in [1.165, 1.54) is 12.1 Å². The summed E-state index contributed by atoms with van der Waals surface area (Å²) < 4.78 is 13.2. The molecular formula is C23H28FN3O2. The monoisotopic (exact) mass is 397 g/mol. The van der Waals surface area contributed by atoms with Gasteiger partial charge in [0.1, 0.15) is 5.82 Å². The average molecular weight is 397 g/mol. The maximum atomic E-state index is 13.2. The van der Waals surface area contributed by atoms with E-state index in [0.29, 0.717) is 31.5 Å². The molecule has 154 valence electrons. The van der Waals surface area contributed by atoms with Gasteiger partial charge in [-0.1, -0.05) is 24.3 Å². The van der Waals surface area contributed by atoms with Crippen molar-refractivity contribution < 1.29 is 14.0 Å². The number of halogens is 1. The lowest BCUT2D eigenvalue weighted by Gasteiger charge is -2.39. The van der Waals surface area contributed by atoms with E-state index in [-0.39, 0.29) is 23.7 Å². The van der Waals surface area contributed by atoms with E-state index < -0.39 is 0 Å². The van der Waals surface area contributed by atoms with Gasteiger partial charge in [-0.15, -0.1) is 0 Å². The van der Waals surface area contributed by atoms with E-state index >= 15 is 0 Å². The molecule has 1 aliphatic heterocycles. The third-order valence-electron chi connectivity index (χ3n) is 5.49. The van der Waals surface area contributed by atoms with Crippen molar-refractivity contribution in [1.29, 1.82) is 0 Å². The highest BCUT2D eigenvalue weighted by Gasteiger charge is 2.28. The largest absolute Gasteiger partial charge is 0.345 e. The predicted octanol–water partition coefficient (Wildman–Crippen LogP) is 2.98. The van der Waals surface area contributed by atoms with Crippen molar-refractivity contribution >= 4 is 11.8 Å². The first-order valence-corrected chi connectivity index (χ1v) is 9.89. The van der Waals surface area contributed by atoms with E-state index in [1.54, 1.807) is 31.1 Å². The van der Waals surface area contributed by atoms with Crippen molar-refractivity contribution in [3.05, 3.63) is 71.0 Å². The van der Waals surface area contributed by atoms with Crippen LogP contribution in [0.1, 0.15) is 33.9 Å². The van der Waals surface area contributed by atoms with Crippen LogP contribution in [0.2, 0.25) is 0 Å². The van der Waals surface area contributed by atoms with Crippen molar-refractivity contribution in [2.24, 2.45) is 0 Å². The molecule has 1 fully saturated rings. The van der Waals surface area contributed by atoms with E-state index in [0.717, 1.165) is 17.7 Å². The Labute approximate surface area is 171 Å². The molecule has 0 bridgehead atoms. The zero-order valence-electron chi connectivity index (χ0n) is 17.3. The lowest BCUT2D eigenvalue weighted by Crippen LogP contribution is -2.49. The van der Waals surface area contributed by atoms with Crippen LogP contribution in [0, 0.1) is 5.82 Å². The molecule has 5 nitrogen and oxygen atoms in total. The van der Waals surface area contributed by atoms with Gasteiger partial charge in [0, 0.05) is 45.7 Å². The summed E-state index contributed by atoms with van der Waals surface area (Å²) in [4.78, 5) is 30.4. The van der Waals surface area contributed by atoms with Gasteiger partial charge in [-0.05, 0) is 48.9 Å². The predicted molar refractivity (Wildman–Crippen MR) is 111 cm³/mol. The fourth-order valence-corrected chi connectivity index (χ4v) is 3.63. The van der Waals surface area contributed by atoms with Crippen LogP contribution in [0.4, 0.5) is 4.39 Å². The molecule has 2 amide bonds. The van der Waals surface area contributed by atoms with Gasteiger partial charge < -0.3 is 9.80 Å². The van der Waals surface area contributed by atoms with Crippen LogP contribution in [-0.2, 0) is 11.2 Å². The molecule has 0 spiro atoms. The molecule has 1 atom stereocenters.